The Morgan fingerprint density at radius 3 is 2.42 bits per heavy atom. The molecular weight excluding hydrogens is 544 g/mol. The van der Waals surface area contributed by atoms with Gasteiger partial charge in [-0.2, -0.15) is 5.26 Å². The summed E-state index contributed by atoms with van der Waals surface area (Å²) in [7, 11) is 0. The van der Waals surface area contributed by atoms with Gasteiger partial charge in [0.05, 0.1) is 17.7 Å². The van der Waals surface area contributed by atoms with Crippen LogP contribution in [-0.4, -0.2) is 19.1 Å². The summed E-state index contributed by atoms with van der Waals surface area (Å²) in [5, 5.41) is 14.7. The molecule has 0 radical (unpaired) electrons. The number of hydrogen-bond donors (Lipinski definition) is 1. The van der Waals surface area contributed by atoms with Crippen molar-refractivity contribution in [3.8, 4) is 23.3 Å². The Bertz CT molecular complexity index is 1500. The molecule has 0 saturated heterocycles. The van der Waals surface area contributed by atoms with E-state index in [0.717, 1.165) is 16.3 Å². The van der Waals surface area contributed by atoms with E-state index in [2.05, 4.69) is 39.4 Å². The van der Waals surface area contributed by atoms with E-state index in [1.165, 1.54) is 6.08 Å². The van der Waals surface area contributed by atoms with Crippen LogP contribution in [-0.2, 0) is 11.4 Å². The zero-order chi connectivity index (χ0) is 26.9. The lowest BCUT2D eigenvalue weighted by molar-refractivity contribution is -0.112. The first kappa shape index (κ1) is 26.8. The van der Waals surface area contributed by atoms with Crippen molar-refractivity contribution in [1.82, 2.24) is 0 Å². The van der Waals surface area contributed by atoms with Crippen LogP contribution in [0.25, 0.3) is 16.8 Å². The molecule has 0 bridgehead atoms. The molecule has 0 aromatic heterocycles. The molecule has 1 N–H and O–H groups in total. The van der Waals surface area contributed by atoms with E-state index >= 15 is 0 Å². The first-order chi connectivity index (χ1) is 18.5. The largest absolute Gasteiger partial charge is 0.494 e. The van der Waals surface area contributed by atoms with Crippen molar-refractivity contribution in [2.45, 2.75) is 20.5 Å². The van der Waals surface area contributed by atoms with Crippen LogP contribution in [0, 0.1) is 11.3 Å². The molecule has 0 saturated carbocycles. The highest BCUT2D eigenvalue weighted by atomic mass is 79.9. The number of hydrogen-bond acceptors (Lipinski definition) is 5. The van der Waals surface area contributed by atoms with Crippen molar-refractivity contribution in [2.75, 3.05) is 18.5 Å². The lowest BCUT2D eigenvalue weighted by Gasteiger charge is -2.16. The van der Waals surface area contributed by atoms with E-state index in [9.17, 15) is 10.1 Å². The van der Waals surface area contributed by atoms with Gasteiger partial charge in [0.15, 0.2) is 11.5 Å². The molecule has 0 heterocycles. The van der Waals surface area contributed by atoms with Gasteiger partial charge in [-0.1, -0.05) is 42.5 Å². The van der Waals surface area contributed by atoms with E-state index in [4.69, 9.17) is 14.2 Å². The monoisotopic (exact) mass is 570 g/mol. The lowest BCUT2D eigenvalue weighted by atomic mass is 10.1. The maximum atomic E-state index is 12.8. The van der Waals surface area contributed by atoms with Crippen LogP contribution in [0.2, 0.25) is 0 Å². The van der Waals surface area contributed by atoms with E-state index in [1.807, 2.05) is 44.2 Å². The van der Waals surface area contributed by atoms with Crippen molar-refractivity contribution in [3.05, 3.63) is 100 Å². The quantitative estimate of drug-likeness (QED) is 0.157. The molecule has 6 nitrogen and oxygen atoms in total. The zero-order valence-electron chi connectivity index (χ0n) is 21.2. The number of anilines is 1. The third-order valence-electron chi connectivity index (χ3n) is 5.68. The number of fused-ring (bicyclic) bond motifs is 1. The third-order valence-corrected chi connectivity index (χ3v) is 6.27. The summed E-state index contributed by atoms with van der Waals surface area (Å²) >= 11 is 3.58. The van der Waals surface area contributed by atoms with Gasteiger partial charge in [-0.05, 0) is 94.2 Å². The molecule has 0 atom stereocenters. The standard InChI is InChI=1S/C31H27BrN2O4/c1-3-36-26-14-12-25(13-15-26)34-31(35)24(19-33)16-21-17-28(32)30(29(18-21)37-4-2)38-20-23-10-7-9-22-8-5-6-11-27(22)23/h5-18H,3-4,20H2,1-2H3,(H,34,35)/b24-16-. The van der Waals surface area contributed by atoms with Gasteiger partial charge in [-0.3, -0.25) is 4.79 Å². The van der Waals surface area contributed by atoms with E-state index in [-0.39, 0.29) is 5.57 Å². The fraction of sp³-hybridized carbons (Fsp3) is 0.161. The Morgan fingerprint density at radius 1 is 0.947 bits per heavy atom. The average Bonchev–Trinajstić information content (AvgIpc) is 2.92. The maximum absolute atomic E-state index is 12.8. The lowest BCUT2D eigenvalue weighted by Crippen LogP contribution is -2.13. The molecule has 1 amide bonds. The normalized spacial score (nSPS) is 11.1. The van der Waals surface area contributed by atoms with E-state index in [0.29, 0.717) is 52.8 Å². The molecule has 4 aromatic carbocycles. The number of nitrogens with one attached hydrogen (secondary N) is 1. The Morgan fingerprint density at radius 2 is 1.68 bits per heavy atom. The van der Waals surface area contributed by atoms with Crippen LogP contribution in [0.5, 0.6) is 17.2 Å². The Balaban J connectivity index is 1.55. The number of amides is 1. The highest BCUT2D eigenvalue weighted by molar-refractivity contribution is 9.10. The van der Waals surface area contributed by atoms with Gasteiger partial charge in [0.25, 0.3) is 5.91 Å². The van der Waals surface area contributed by atoms with Gasteiger partial charge < -0.3 is 19.5 Å². The van der Waals surface area contributed by atoms with Gasteiger partial charge in [-0.25, -0.2) is 0 Å². The molecule has 7 heteroatoms. The molecule has 4 rings (SSSR count). The van der Waals surface area contributed by atoms with Gasteiger partial charge in [0.1, 0.15) is 24.0 Å². The second-order valence-electron chi connectivity index (χ2n) is 8.27. The average molecular weight is 571 g/mol. The number of benzene rings is 4. The molecule has 0 fully saturated rings. The predicted octanol–water partition coefficient (Wildman–Crippen LogP) is 7.52. The molecule has 0 unspecified atom stereocenters. The Labute approximate surface area is 230 Å². The zero-order valence-corrected chi connectivity index (χ0v) is 22.7. The Kier molecular flexibility index (Phi) is 9.02. The van der Waals surface area contributed by atoms with Gasteiger partial charge in [-0.15, -0.1) is 0 Å². The fourth-order valence-corrected chi connectivity index (χ4v) is 4.53. The SMILES string of the molecule is CCOc1ccc(NC(=O)/C(C#N)=C\c2cc(Br)c(OCc3cccc4ccccc34)c(OCC)c2)cc1. The van der Waals surface area contributed by atoms with E-state index in [1.54, 1.807) is 36.4 Å². The topological polar surface area (TPSA) is 80.6 Å². The van der Waals surface area contributed by atoms with Crippen LogP contribution in [0.1, 0.15) is 25.0 Å². The molecule has 0 aliphatic heterocycles. The van der Waals surface area contributed by atoms with Crippen molar-refractivity contribution in [3.63, 3.8) is 0 Å². The summed E-state index contributed by atoms with van der Waals surface area (Å²) in [5.41, 5.74) is 2.20. The van der Waals surface area contributed by atoms with Crippen molar-refractivity contribution in [1.29, 1.82) is 5.26 Å². The summed E-state index contributed by atoms with van der Waals surface area (Å²) in [5.74, 6) is 1.26. The number of nitrogens with zero attached hydrogens (tertiary/aromatic N) is 1. The number of halogens is 1. The van der Waals surface area contributed by atoms with Gasteiger partial charge >= 0.3 is 0 Å². The molecule has 38 heavy (non-hydrogen) atoms. The number of carbonyl (C=O) groups excluding carboxylic acids is 1. The molecule has 192 valence electrons. The third kappa shape index (κ3) is 6.53. The summed E-state index contributed by atoms with van der Waals surface area (Å²) in [6.45, 7) is 5.12. The molecule has 0 aliphatic rings. The van der Waals surface area contributed by atoms with Crippen LogP contribution >= 0.6 is 15.9 Å². The fourth-order valence-electron chi connectivity index (χ4n) is 3.96. The minimum absolute atomic E-state index is 0.0438. The first-order valence-electron chi connectivity index (χ1n) is 12.2. The summed E-state index contributed by atoms with van der Waals surface area (Å²) < 4.78 is 18.1. The summed E-state index contributed by atoms with van der Waals surface area (Å²) in [4.78, 5) is 12.8. The molecule has 0 spiro atoms. The van der Waals surface area contributed by atoms with Crippen molar-refractivity contribution < 1.29 is 19.0 Å². The number of rotatable bonds is 10. The summed E-state index contributed by atoms with van der Waals surface area (Å²) in [6.07, 6.45) is 1.52. The van der Waals surface area contributed by atoms with Crippen LogP contribution in [0.15, 0.2) is 88.9 Å². The highest BCUT2D eigenvalue weighted by Crippen LogP contribution is 2.38. The van der Waals surface area contributed by atoms with Crippen molar-refractivity contribution >= 4 is 44.4 Å². The van der Waals surface area contributed by atoms with Crippen LogP contribution in [0.3, 0.4) is 0 Å². The number of carbonyl (C=O) groups is 1. The van der Waals surface area contributed by atoms with Gasteiger partial charge in [0.2, 0.25) is 0 Å². The van der Waals surface area contributed by atoms with E-state index < -0.39 is 5.91 Å². The summed E-state index contributed by atoms with van der Waals surface area (Å²) in [6, 6.07) is 26.8. The van der Waals surface area contributed by atoms with Crippen LogP contribution < -0.4 is 19.5 Å². The predicted molar refractivity (Wildman–Crippen MR) is 153 cm³/mol. The van der Waals surface area contributed by atoms with Crippen molar-refractivity contribution in [2.24, 2.45) is 0 Å². The Hall–Kier alpha value is -4.28. The second-order valence-corrected chi connectivity index (χ2v) is 9.13. The second kappa shape index (κ2) is 12.8. The highest BCUT2D eigenvalue weighted by Gasteiger charge is 2.15. The number of nitriles is 1. The molecular formula is C31H27BrN2O4. The molecule has 0 aliphatic carbocycles. The van der Waals surface area contributed by atoms with Gasteiger partial charge in [0, 0.05) is 5.69 Å². The first-order valence-corrected chi connectivity index (χ1v) is 13.0. The number of ether oxygens (including phenoxy) is 3. The molecule has 4 aromatic rings. The minimum Gasteiger partial charge on any atom is -0.494 e. The smallest absolute Gasteiger partial charge is 0.266 e. The minimum atomic E-state index is -0.512. The maximum Gasteiger partial charge on any atom is 0.266 e. The van der Waals surface area contributed by atoms with Crippen LogP contribution in [0.4, 0.5) is 5.69 Å².